The Morgan fingerprint density at radius 2 is 1.82 bits per heavy atom. The number of nitrogens with one attached hydrogen (secondary N) is 2. The van der Waals surface area contributed by atoms with Crippen molar-refractivity contribution in [3.8, 4) is 11.3 Å². The first-order chi connectivity index (χ1) is 21.0. The van der Waals surface area contributed by atoms with Crippen LogP contribution in [0, 0.1) is 5.92 Å². The van der Waals surface area contributed by atoms with Gasteiger partial charge >= 0.3 is 6.18 Å². The highest BCUT2D eigenvalue weighted by molar-refractivity contribution is 6.34. The summed E-state index contributed by atoms with van der Waals surface area (Å²) in [5, 5.41) is 9.63. The molecule has 2 aromatic heterocycles. The second-order valence-electron chi connectivity index (χ2n) is 10.7. The molecule has 1 aromatic carbocycles. The number of piperazine rings is 1. The van der Waals surface area contributed by atoms with Crippen LogP contribution < -0.4 is 10.6 Å². The van der Waals surface area contributed by atoms with E-state index in [2.05, 4.69) is 27.3 Å². The first-order valence-electron chi connectivity index (χ1n) is 14.1. The van der Waals surface area contributed by atoms with Gasteiger partial charge in [-0.2, -0.15) is 18.3 Å². The summed E-state index contributed by atoms with van der Waals surface area (Å²) in [6.07, 6.45) is 0.736. The van der Waals surface area contributed by atoms with Crippen LogP contribution in [-0.4, -0.2) is 86.1 Å². The Labute approximate surface area is 256 Å². The summed E-state index contributed by atoms with van der Waals surface area (Å²) in [5.41, 5.74) is -0.757. The largest absolute Gasteiger partial charge is 0.435 e. The molecule has 5 rings (SSSR count). The average Bonchev–Trinajstić information content (AvgIpc) is 3.60. The fourth-order valence-electron chi connectivity index (χ4n) is 5.50. The Hall–Kier alpha value is -4.17. The molecule has 0 saturated carbocycles. The van der Waals surface area contributed by atoms with Crippen molar-refractivity contribution in [2.24, 2.45) is 13.0 Å². The lowest BCUT2D eigenvalue weighted by Crippen LogP contribution is -2.52. The van der Waals surface area contributed by atoms with Crippen molar-refractivity contribution in [1.29, 1.82) is 0 Å². The number of anilines is 1. The Morgan fingerprint density at radius 1 is 1.14 bits per heavy atom. The molecule has 2 saturated heterocycles. The van der Waals surface area contributed by atoms with E-state index in [1.54, 1.807) is 4.90 Å². The number of halogens is 4. The molecular formula is C29H32ClF3N8O3. The van der Waals surface area contributed by atoms with Crippen LogP contribution in [0.3, 0.4) is 0 Å². The van der Waals surface area contributed by atoms with Gasteiger partial charge in [0.2, 0.25) is 5.91 Å². The lowest BCUT2D eigenvalue weighted by atomic mass is 9.96. The summed E-state index contributed by atoms with van der Waals surface area (Å²) >= 11 is 6.44. The number of hydrogen-bond donors (Lipinski definition) is 2. The monoisotopic (exact) mass is 632 g/mol. The molecule has 0 aliphatic carbocycles. The van der Waals surface area contributed by atoms with Crippen LogP contribution >= 0.6 is 11.6 Å². The highest BCUT2D eigenvalue weighted by Gasteiger charge is 2.38. The summed E-state index contributed by atoms with van der Waals surface area (Å²) < 4.78 is 43.4. The molecule has 0 unspecified atom stereocenters. The predicted octanol–water partition coefficient (Wildman–Crippen LogP) is 3.68. The Kier molecular flexibility index (Phi) is 9.11. The molecule has 2 aliphatic rings. The van der Waals surface area contributed by atoms with Crippen LogP contribution in [-0.2, 0) is 24.6 Å². The second-order valence-corrected chi connectivity index (χ2v) is 11.1. The van der Waals surface area contributed by atoms with Crippen LogP contribution in [0.25, 0.3) is 11.3 Å². The molecule has 2 N–H and O–H groups in total. The van der Waals surface area contributed by atoms with Crippen LogP contribution in [0.15, 0.2) is 43.2 Å². The smallest absolute Gasteiger partial charge is 0.339 e. The maximum absolute atomic E-state index is 13.7. The van der Waals surface area contributed by atoms with Gasteiger partial charge in [-0.3, -0.25) is 19.1 Å². The van der Waals surface area contributed by atoms with E-state index in [1.807, 2.05) is 4.90 Å². The van der Waals surface area contributed by atoms with Crippen molar-refractivity contribution in [3.05, 3.63) is 65.4 Å². The highest BCUT2D eigenvalue weighted by atomic mass is 35.5. The normalized spacial score (nSPS) is 16.2. The van der Waals surface area contributed by atoms with E-state index < -0.39 is 17.8 Å². The van der Waals surface area contributed by atoms with E-state index in [1.165, 1.54) is 48.3 Å². The third-order valence-electron chi connectivity index (χ3n) is 7.84. The van der Waals surface area contributed by atoms with E-state index in [0.29, 0.717) is 26.2 Å². The number of imidazole rings is 1. The zero-order valence-electron chi connectivity index (χ0n) is 24.0. The van der Waals surface area contributed by atoms with Crippen molar-refractivity contribution >= 4 is 35.0 Å². The fourth-order valence-corrected chi connectivity index (χ4v) is 5.76. The molecule has 4 heterocycles. The van der Waals surface area contributed by atoms with Gasteiger partial charge < -0.3 is 25.0 Å². The third-order valence-corrected chi connectivity index (χ3v) is 8.15. The average molecular weight is 633 g/mol. The molecule has 0 atom stereocenters. The number of amides is 3. The minimum absolute atomic E-state index is 0.0201. The maximum Gasteiger partial charge on any atom is 0.435 e. The minimum atomic E-state index is -4.72. The fraction of sp³-hybridized carbons (Fsp3) is 0.414. The predicted molar refractivity (Wildman–Crippen MR) is 157 cm³/mol. The Morgan fingerprint density at radius 3 is 2.45 bits per heavy atom. The van der Waals surface area contributed by atoms with E-state index >= 15 is 0 Å². The quantitative estimate of drug-likeness (QED) is 0.384. The number of piperidine rings is 1. The Balaban J connectivity index is 1.24. The van der Waals surface area contributed by atoms with Gasteiger partial charge in [0.05, 0.1) is 34.6 Å². The molecular weight excluding hydrogens is 601 g/mol. The number of hydrogen-bond acceptors (Lipinski definition) is 6. The maximum atomic E-state index is 13.7. The number of rotatable bonds is 7. The van der Waals surface area contributed by atoms with E-state index in [0.717, 1.165) is 30.6 Å². The van der Waals surface area contributed by atoms with E-state index in [4.69, 9.17) is 11.6 Å². The van der Waals surface area contributed by atoms with Gasteiger partial charge in [-0.05, 0) is 44.1 Å². The summed E-state index contributed by atoms with van der Waals surface area (Å²) in [4.78, 5) is 46.6. The summed E-state index contributed by atoms with van der Waals surface area (Å²) in [7, 11) is 1.43. The summed E-state index contributed by atoms with van der Waals surface area (Å²) in [5.74, 6) is -0.951. The molecule has 2 fully saturated rings. The second kappa shape index (κ2) is 12.8. The molecule has 2 aliphatic heterocycles. The number of aromatic nitrogens is 4. The van der Waals surface area contributed by atoms with Crippen molar-refractivity contribution in [3.63, 3.8) is 0 Å². The molecule has 15 heteroatoms. The van der Waals surface area contributed by atoms with Gasteiger partial charge in [-0.15, -0.1) is 6.58 Å². The first-order valence-corrected chi connectivity index (χ1v) is 14.5. The molecule has 0 radical (unpaired) electrons. The van der Waals surface area contributed by atoms with Crippen molar-refractivity contribution in [2.45, 2.75) is 25.6 Å². The van der Waals surface area contributed by atoms with E-state index in [9.17, 15) is 27.6 Å². The zero-order chi connectivity index (χ0) is 31.6. The van der Waals surface area contributed by atoms with Gasteiger partial charge in [-0.25, -0.2) is 4.98 Å². The lowest BCUT2D eigenvalue weighted by molar-refractivity contribution is -0.141. The molecule has 3 amide bonds. The van der Waals surface area contributed by atoms with Crippen molar-refractivity contribution in [2.75, 3.05) is 44.6 Å². The first kappa shape index (κ1) is 31.3. The molecule has 234 valence electrons. The van der Waals surface area contributed by atoms with Gasteiger partial charge in [-0.1, -0.05) is 17.7 Å². The van der Waals surface area contributed by atoms with Crippen LogP contribution in [0.5, 0.6) is 0 Å². The standard InChI is InChI=1S/C29H32ClF3N8O3/c1-3-10-41-17-21(24(37-41)29(31,32)33)23-16-35-25(38(23)2)26(42)36-19-4-5-20(22(30)15-19)28(44)40-13-11-39(12-14-40)27(43)18-6-8-34-9-7-18/h3-5,15-18,34H,1,6-14H2,2H3,(H,36,42). The number of carbonyl (C=O) groups excluding carboxylic acids is 3. The van der Waals surface area contributed by atoms with Gasteiger partial charge in [0.1, 0.15) is 0 Å². The van der Waals surface area contributed by atoms with Crippen molar-refractivity contribution in [1.82, 2.24) is 34.4 Å². The highest BCUT2D eigenvalue weighted by Crippen LogP contribution is 2.36. The zero-order valence-corrected chi connectivity index (χ0v) is 24.8. The Bertz CT molecular complexity index is 1570. The van der Waals surface area contributed by atoms with Crippen LogP contribution in [0.1, 0.15) is 39.5 Å². The van der Waals surface area contributed by atoms with Crippen LogP contribution in [0.2, 0.25) is 5.02 Å². The molecule has 0 spiro atoms. The van der Waals surface area contributed by atoms with Gasteiger partial charge in [0.25, 0.3) is 11.8 Å². The lowest BCUT2D eigenvalue weighted by Gasteiger charge is -2.37. The summed E-state index contributed by atoms with van der Waals surface area (Å²) in [6, 6.07) is 4.44. The number of alkyl halides is 3. The van der Waals surface area contributed by atoms with Crippen molar-refractivity contribution < 1.29 is 27.6 Å². The number of carbonyl (C=O) groups is 3. The molecule has 0 bridgehead atoms. The number of allylic oxidation sites excluding steroid dienone is 1. The number of benzene rings is 1. The van der Waals surface area contributed by atoms with E-state index in [-0.39, 0.29) is 57.6 Å². The molecule has 44 heavy (non-hydrogen) atoms. The minimum Gasteiger partial charge on any atom is -0.339 e. The topological polar surface area (TPSA) is 117 Å². The van der Waals surface area contributed by atoms with Gasteiger partial charge in [0, 0.05) is 51.0 Å². The molecule has 3 aromatic rings. The number of nitrogens with zero attached hydrogens (tertiary/aromatic N) is 6. The van der Waals surface area contributed by atoms with Gasteiger partial charge in [0.15, 0.2) is 11.5 Å². The third kappa shape index (κ3) is 6.50. The summed E-state index contributed by atoms with van der Waals surface area (Å²) in [6.45, 7) is 6.93. The molecule has 11 nitrogen and oxygen atoms in total. The van der Waals surface area contributed by atoms with Crippen LogP contribution in [0.4, 0.5) is 18.9 Å². The SMILES string of the molecule is C=CCn1cc(-c2cnc(C(=O)Nc3ccc(C(=O)N4CCN(C(=O)C5CCNCC5)CC4)c(Cl)c3)n2C)c(C(F)(F)F)n1.